The summed E-state index contributed by atoms with van der Waals surface area (Å²) in [6.45, 7) is 1.84. The van der Waals surface area contributed by atoms with E-state index in [-0.39, 0.29) is 31.5 Å². The molecule has 1 heterocycles. The number of hydrogen-bond donors (Lipinski definition) is 0. The molecule has 1 aliphatic rings. The van der Waals surface area contributed by atoms with Crippen LogP contribution in [0.1, 0.15) is 25.3 Å². The minimum Gasteiger partial charge on any atom is -0.461 e. The molecule has 1 aromatic carbocycles. The van der Waals surface area contributed by atoms with E-state index in [2.05, 4.69) is 0 Å². The molecule has 0 radical (unpaired) electrons. The maximum Gasteiger partial charge on any atom is 0.412 e. The van der Waals surface area contributed by atoms with Gasteiger partial charge in [0.15, 0.2) is 0 Å². The Hall–Kier alpha value is -2.08. The van der Waals surface area contributed by atoms with Gasteiger partial charge in [0.25, 0.3) is 0 Å². The fraction of sp³-hybridized carbons (Fsp3) is 0.500. The van der Waals surface area contributed by atoms with Crippen LogP contribution in [-0.2, 0) is 25.6 Å². The first-order valence-corrected chi connectivity index (χ1v) is 7.27. The molecule has 0 aromatic heterocycles. The van der Waals surface area contributed by atoms with Crippen molar-refractivity contribution < 1.29 is 23.8 Å². The summed E-state index contributed by atoms with van der Waals surface area (Å²) < 4.78 is 15.8. The molecule has 0 N–H and O–H groups in total. The molecule has 1 saturated heterocycles. The molecule has 1 unspecified atom stereocenters. The molecule has 1 amide bonds. The van der Waals surface area contributed by atoms with Crippen molar-refractivity contribution in [3.8, 4) is 0 Å². The van der Waals surface area contributed by atoms with E-state index in [9.17, 15) is 9.59 Å². The van der Waals surface area contributed by atoms with Gasteiger partial charge in [0, 0.05) is 14.0 Å². The number of carbonyl (C=O) groups is 2. The smallest absolute Gasteiger partial charge is 0.412 e. The third-order valence-electron chi connectivity index (χ3n) is 3.53. The minimum atomic E-state index is -0.465. The SMILES string of the molecule is COC1CC[C@H](OC(C)=O)CN1C(=O)OCc1ccccc1. The van der Waals surface area contributed by atoms with Crippen LogP contribution in [-0.4, -0.2) is 42.9 Å². The zero-order valence-electron chi connectivity index (χ0n) is 12.9. The molecule has 6 heteroatoms. The van der Waals surface area contributed by atoms with Crippen molar-refractivity contribution in [1.82, 2.24) is 4.90 Å². The van der Waals surface area contributed by atoms with Crippen LogP contribution >= 0.6 is 0 Å². The largest absolute Gasteiger partial charge is 0.461 e. The number of hydrogen-bond acceptors (Lipinski definition) is 5. The van der Waals surface area contributed by atoms with Gasteiger partial charge in [-0.2, -0.15) is 0 Å². The van der Waals surface area contributed by atoms with Crippen molar-refractivity contribution in [2.45, 2.75) is 38.7 Å². The van der Waals surface area contributed by atoms with Crippen LogP contribution in [0.5, 0.6) is 0 Å². The standard InChI is InChI=1S/C16H21NO5/c1-12(18)22-14-8-9-15(20-2)17(10-14)16(19)21-11-13-6-4-3-5-7-13/h3-7,14-15H,8-11H2,1-2H3/t14-,15?/m0/s1. The number of amides is 1. The first-order valence-electron chi connectivity index (χ1n) is 7.27. The lowest BCUT2D eigenvalue weighted by atomic mass is 10.1. The van der Waals surface area contributed by atoms with Gasteiger partial charge in [0.2, 0.25) is 0 Å². The zero-order chi connectivity index (χ0) is 15.9. The van der Waals surface area contributed by atoms with Crippen LogP contribution in [0.25, 0.3) is 0 Å². The van der Waals surface area contributed by atoms with Gasteiger partial charge in [-0.25, -0.2) is 4.79 Å². The van der Waals surface area contributed by atoms with Gasteiger partial charge in [-0.1, -0.05) is 30.3 Å². The summed E-state index contributed by atoms with van der Waals surface area (Å²) in [5.41, 5.74) is 0.915. The molecule has 0 spiro atoms. The maximum atomic E-state index is 12.3. The average molecular weight is 307 g/mol. The number of nitrogens with zero attached hydrogens (tertiary/aromatic N) is 1. The molecular weight excluding hydrogens is 286 g/mol. The molecule has 1 fully saturated rings. The van der Waals surface area contributed by atoms with Gasteiger partial charge in [-0.3, -0.25) is 9.69 Å². The molecule has 1 aromatic rings. The van der Waals surface area contributed by atoms with E-state index in [1.165, 1.54) is 11.8 Å². The van der Waals surface area contributed by atoms with Crippen LogP contribution in [0.4, 0.5) is 4.79 Å². The lowest BCUT2D eigenvalue weighted by Crippen LogP contribution is -2.50. The fourth-order valence-electron chi connectivity index (χ4n) is 2.48. The Kier molecular flexibility index (Phi) is 5.77. The second-order valence-corrected chi connectivity index (χ2v) is 5.19. The van der Waals surface area contributed by atoms with Gasteiger partial charge in [0.1, 0.15) is 18.9 Å². The van der Waals surface area contributed by atoms with Crippen LogP contribution in [0.3, 0.4) is 0 Å². The minimum absolute atomic E-state index is 0.199. The Balaban J connectivity index is 1.93. The maximum absolute atomic E-state index is 12.3. The van der Waals surface area contributed by atoms with E-state index in [1.54, 1.807) is 7.11 Å². The highest BCUT2D eigenvalue weighted by Gasteiger charge is 2.34. The summed E-state index contributed by atoms with van der Waals surface area (Å²) in [4.78, 5) is 24.8. The van der Waals surface area contributed by atoms with Crippen LogP contribution in [0.2, 0.25) is 0 Å². The predicted octanol–water partition coefficient (Wildman–Crippen LogP) is 2.32. The Morgan fingerprint density at radius 3 is 2.59 bits per heavy atom. The van der Waals surface area contributed by atoms with E-state index in [0.717, 1.165) is 5.56 Å². The zero-order valence-corrected chi connectivity index (χ0v) is 12.9. The Labute approximate surface area is 129 Å². The summed E-state index contributed by atoms with van der Waals surface area (Å²) in [5, 5.41) is 0. The van der Waals surface area contributed by atoms with Crippen molar-refractivity contribution in [2.75, 3.05) is 13.7 Å². The highest BCUT2D eigenvalue weighted by molar-refractivity contribution is 5.68. The van der Waals surface area contributed by atoms with Crippen LogP contribution in [0.15, 0.2) is 30.3 Å². The summed E-state index contributed by atoms with van der Waals surface area (Å²) in [7, 11) is 1.55. The Morgan fingerprint density at radius 1 is 1.23 bits per heavy atom. The number of rotatable bonds is 4. The molecule has 120 valence electrons. The van der Waals surface area contributed by atoms with E-state index in [0.29, 0.717) is 12.8 Å². The number of likely N-dealkylation sites (tertiary alicyclic amines) is 1. The summed E-state index contributed by atoms with van der Waals surface area (Å²) in [5.74, 6) is -0.349. The number of ether oxygens (including phenoxy) is 3. The molecule has 1 aliphatic heterocycles. The van der Waals surface area contributed by atoms with E-state index in [1.807, 2.05) is 30.3 Å². The van der Waals surface area contributed by atoms with Gasteiger partial charge >= 0.3 is 12.1 Å². The Morgan fingerprint density at radius 2 is 1.95 bits per heavy atom. The van der Waals surface area contributed by atoms with Crippen molar-refractivity contribution in [1.29, 1.82) is 0 Å². The van der Waals surface area contributed by atoms with Crippen molar-refractivity contribution in [3.05, 3.63) is 35.9 Å². The normalized spacial score (nSPS) is 21.3. The second kappa shape index (κ2) is 7.79. The molecular formula is C16H21NO5. The highest BCUT2D eigenvalue weighted by Crippen LogP contribution is 2.21. The molecule has 6 nitrogen and oxygen atoms in total. The quantitative estimate of drug-likeness (QED) is 0.799. The molecule has 0 saturated carbocycles. The van der Waals surface area contributed by atoms with Gasteiger partial charge < -0.3 is 14.2 Å². The van der Waals surface area contributed by atoms with E-state index < -0.39 is 6.09 Å². The van der Waals surface area contributed by atoms with Crippen LogP contribution < -0.4 is 0 Å². The lowest BCUT2D eigenvalue weighted by molar-refractivity contribution is -0.154. The first-order chi connectivity index (χ1) is 10.6. The highest BCUT2D eigenvalue weighted by atomic mass is 16.6. The summed E-state index contributed by atoms with van der Waals surface area (Å²) in [6, 6.07) is 9.45. The number of esters is 1. The molecule has 22 heavy (non-hydrogen) atoms. The molecule has 2 atom stereocenters. The third-order valence-corrected chi connectivity index (χ3v) is 3.53. The average Bonchev–Trinajstić information content (AvgIpc) is 2.53. The van der Waals surface area contributed by atoms with E-state index >= 15 is 0 Å². The monoisotopic (exact) mass is 307 g/mol. The fourth-order valence-corrected chi connectivity index (χ4v) is 2.48. The van der Waals surface area contributed by atoms with Crippen LogP contribution in [0, 0.1) is 0 Å². The number of piperidine rings is 1. The first kappa shape index (κ1) is 16.3. The van der Waals surface area contributed by atoms with Crippen molar-refractivity contribution in [2.24, 2.45) is 0 Å². The van der Waals surface area contributed by atoms with Gasteiger partial charge in [-0.15, -0.1) is 0 Å². The lowest BCUT2D eigenvalue weighted by Gasteiger charge is -2.37. The van der Waals surface area contributed by atoms with Gasteiger partial charge in [-0.05, 0) is 18.4 Å². The topological polar surface area (TPSA) is 65.1 Å². The number of methoxy groups -OCH3 is 1. The predicted molar refractivity (Wildman–Crippen MR) is 78.9 cm³/mol. The second-order valence-electron chi connectivity index (χ2n) is 5.19. The summed E-state index contributed by atoms with van der Waals surface area (Å²) >= 11 is 0. The van der Waals surface area contributed by atoms with Gasteiger partial charge in [0.05, 0.1) is 6.54 Å². The number of benzene rings is 1. The van der Waals surface area contributed by atoms with E-state index in [4.69, 9.17) is 14.2 Å². The molecule has 2 rings (SSSR count). The third kappa shape index (κ3) is 4.46. The molecule has 0 bridgehead atoms. The van der Waals surface area contributed by atoms with Crippen molar-refractivity contribution >= 4 is 12.1 Å². The summed E-state index contributed by atoms with van der Waals surface area (Å²) in [6.07, 6.45) is 0.144. The Bertz CT molecular complexity index is 505. The number of carbonyl (C=O) groups excluding carboxylic acids is 2. The van der Waals surface area contributed by atoms with Crippen molar-refractivity contribution in [3.63, 3.8) is 0 Å². The molecule has 0 aliphatic carbocycles.